The zero-order valence-corrected chi connectivity index (χ0v) is 15.7. The van der Waals surface area contributed by atoms with E-state index < -0.39 is 0 Å². The van der Waals surface area contributed by atoms with Crippen molar-refractivity contribution >= 4 is 5.71 Å². The van der Waals surface area contributed by atoms with Crippen LogP contribution in [0.5, 0.6) is 0 Å². The van der Waals surface area contributed by atoms with Gasteiger partial charge in [-0.05, 0) is 43.4 Å². The van der Waals surface area contributed by atoms with Gasteiger partial charge in [0.1, 0.15) is 0 Å². The van der Waals surface area contributed by atoms with Gasteiger partial charge in [-0.15, -0.1) is 0 Å². The normalized spacial score (nSPS) is 16.1. The Morgan fingerprint density at radius 1 is 1.00 bits per heavy atom. The van der Waals surface area contributed by atoms with E-state index in [0.29, 0.717) is 0 Å². The molecule has 2 atom stereocenters. The molecule has 0 fully saturated rings. The van der Waals surface area contributed by atoms with Gasteiger partial charge >= 0.3 is 0 Å². The van der Waals surface area contributed by atoms with Crippen molar-refractivity contribution in [1.82, 2.24) is 0 Å². The van der Waals surface area contributed by atoms with Gasteiger partial charge in [-0.2, -0.15) is 0 Å². The van der Waals surface area contributed by atoms with E-state index in [2.05, 4.69) is 59.5 Å². The van der Waals surface area contributed by atoms with Crippen LogP contribution in [0, 0.1) is 23.7 Å². The van der Waals surface area contributed by atoms with E-state index in [-0.39, 0.29) is 0 Å². The molecule has 0 saturated carbocycles. The van der Waals surface area contributed by atoms with Gasteiger partial charge in [0.15, 0.2) is 0 Å². The summed E-state index contributed by atoms with van der Waals surface area (Å²) >= 11 is 0. The monoisotopic (exact) mass is 293 g/mol. The van der Waals surface area contributed by atoms with Crippen LogP contribution >= 0.6 is 0 Å². The molecule has 0 aromatic heterocycles. The Labute approximate surface area is 134 Å². The Morgan fingerprint density at radius 3 is 2.00 bits per heavy atom. The van der Waals surface area contributed by atoms with Gasteiger partial charge in [-0.3, -0.25) is 4.99 Å². The van der Waals surface area contributed by atoms with E-state index >= 15 is 0 Å². The van der Waals surface area contributed by atoms with Gasteiger partial charge in [0.2, 0.25) is 0 Å². The van der Waals surface area contributed by atoms with Crippen LogP contribution in [0.15, 0.2) is 17.3 Å². The van der Waals surface area contributed by atoms with Crippen LogP contribution in [0.3, 0.4) is 0 Å². The third-order valence-corrected chi connectivity index (χ3v) is 4.97. The van der Waals surface area contributed by atoms with Crippen molar-refractivity contribution in [1.29, 1.82) is 0 Å². The lowest BCUT2D eigenvalue weighted by atomic mass is 9.72. The van der Waals surface area contributed by atoms with Crippen molar-refractivity contribution in [2.24, 2.45) is 28.7 Å². The van der Waals surface area contributed by atoms with Crippen molar-refractivity contribution < 1.29 is 0 Å². The first kappa shape index (κ1) is 20.4. The summed E-state index contributed by atoms with van der Waals surface area (Å²) in [5.74, 6) is 3.23. The van der Waals surface area contributed by atoms with Crippen molar-refractivity contribution in [3.63, 3.8) is 0 Å². The quantitative estimate of drug-likeness (QED) is 0.368. The van der Waals surface area contributed by atoms with Crippen LogP contribution in [0.2, 0.25) is 0 Å². The maximum Gasteiger partial charge on any atom is 0.0227 e. The first-order valence-electron chi connectivity index (χ1n) is 9.16. The highest BCUT2D eigenvalue weighted by atomic mass is 14.7. The van der Waals surface area contributed by atoms with Crippen molar-refractivity contribution in [3.05, 3.63) is 12.3 Å². The lowest BCUT2D eigenvalue weighted by Crippen LogP contribution is -2.25. The zero-order valence-electron chi connectivity index (χ0n) is 15.7. The lowest BCUT2D eigenvalue weighted by Gasteiger charge is -2.33. The third-order valence-electron chi connectivity index (χ3n) is 4.97. The van der Waals surface area contributed by atoms with Crippen LogP contribution in [0.1, 0.15) is 87.0 Å². The van der Waals surface area contributed by atoms with Gasteiger partial charge in [0.25, 0.3) is 0 Å². The molecule has 0 N–H and O–H groups in total. The summed E-state index contributed by atoms with van der Waals surface area (Å²) in [5, 5.41) is 0. The standard InChI is InChI=1S/C20H39N/c1-8-12-19(13-9-2)20(18(7)16(4)5)14-11-15-21-17(6)10-3/h11,15-16,18-20H,8-10,12-14H2,1-7H3/b15-11-,21-17?. The molecule has 0 heterocycles. The van der Waals surface area contributed by atoms with Crippen LogP contribution < -0.4 is 0 Å². The Morgan fingerprint density at radius 2 is 1.57 bits per heavy atom. The van der Waals surface area contributed by atoms with E-state index in [9.17, 15) is 0 Å². The van der Waals surface area contributed by atoms with Crippen LogP contribution in [0.25, 0.3) is 0 Å². The average molecular weight is 294 g/mol. The molecule has 0 aromatic carbocycles. The molecule has 124 valence electrons. The van der Waals surface area contributed by atoms with Gasteiger partial charge in [-0.1, -0.05) is 73.3 Å². The van der Waals surface area contributed by atoms with E-state index in [4.69, 9.17) is 0 Å². The molecule has 0 saturated heterocycles. The second-order valence-corrected chi connectivity index (χ2v) is 6.94. The number of allylic oxidation sites excluding steroid dienone is 1. The van der Waals surface area contributed by atoms with E-state index in [0.717, 1.165) is 30.1 Å². The molecular formula is C20H39N. The highest BCUT2D eigenvalue weighted by Gasteiger charge is 2.26. The number of rotatable bonds is 11. The summed E-state index contributed by atoms with van der Waals surface area (Å²) in [6, 6.07) is 0. The summed E-state index contributed by atoms with van der Waals surface area (Å²) in [5.41, 5.74) is 1.22. The fraction of sp³-hybridized carbons (Fsp3) is 0.850. The molecule has 0 bridgehead atoms. The minimum absolute atomic E-state index is 0.764. The fourth-order valence-corrected chi connectivity index (χ4v) is 3.13. The lowest BCUT2D eigenvalue weighted by molar-refractivity contribution is 0.174. The van der Waals surface area contributed by atoms with Gasteiger partial charge < -0.3 is 0 Å². The average Bonchev–Trinajstić information content (AvgIpc) is 2.46. The topological polar surface area (TPSA) is 12.4 Å². The Hall–Kier alpha value is -0.590. The van der Waals surface area contributed by atoms with Crippen molar-refractivity contribution in [2.75, 3.05) is 0 Å². The molecule has 2 unspecified atom stereocenters. The third kappa shape index (κ3) is 8.44. The summed E-state index contributed by atoms with van der Waals surface area (Å²) in [4.78, 5) is 4.51. The smallest absolute Gasteiger partial charge is 0.0227 e. The molecule has 0 spiro atoms. The Balaban J connectivity index is 4.87. The van der Waals surface area contributed by atoms with Gasteiger partial charge in [0.05, 0.1) is 0 Å². The van der Waals surface area contributed by atoms with Crippen molar-refractivity contribution in [3.8, 4) is 0 Å². The summed E-state index contributed by atoms with van der Waals surface area (Å²) in [6.45, 7) is 16.1. The maximum absolute atomic E-state index is 4.51. The summed E-state index contributed by atoms with van der Waals surface area (Å²) in [6.07, 6.45) is 11.9. The van der Waals surface area contributed by atoms with E-state index in [1.54, 1.807) is 0 Å². The predicted molar refractivity (Wildman–Crippen MR) is 98.0 cm³/mol. The molecule has 0 rings (SSSR count). The Kier molecular flexibility index (Phi) is 11.7. The number of nitrogens with zero attached hydrogens (tertiary/aromatic N) is 1. The number of hydrogen-bond donors (Lipinski definition) is 0. The largest absolute Gasteiger partial charge is 0.266 e. The van der Waals surface area contributed by atoms with Crippen molar-refractivity contribution in [2.45, 2.75) is 87.0 Å². The molecule has 21 heavy (non-hydrogen) atoms. The minimum Gasteiger partial charge on any atom is -0.266 e. The second-order valence-electron chi connectivity index (χ2n) is 6.94. The highest BCUT2D eigenvalue weighted by Crippen LogP contribution is 2.35. The molecule has 0 amide bonds. The first-order chi connectivity index (χ1) is 9.97. The predicted octanol–water partition coefficient (Wildman–Crippen LogP) is 6.89. The molecule has 1 nitrogen and oxygen atoms in total. The Bertz CT molecular complexity index is 295. The second kappa shape index (κ2) is 12.0. The molecular weight excluding hydrogens is 254 g/mol. The summed E-state index contributed by atoms with van der Waals surface area (Å²) < 4.78 is 0. The molecule has 0 aliphatic heterocycles. The molecule has 0 aliphatic rings. The van der Waals surface area contributed by atoms with E-state index in [1.165, 1.54) is 37.8 Å². The molecule has 0 aliphatic carbocycles. The summed E-state index contributed by atoms with van der Waals surface area (Å²) in [7, 11) is 0. The number of aliphatic imine (C=N–C) groups is 1. The van der Waals surface area contributed by atoms with Crippen LogP contribution in [-0.4, -0.2) is 5.71 Å². The van der Waals surface area contributed by atoms with Crippen LogP contribution in [-0.2, 0) is 0 Å². The molecule has 0 aromatic rings. The van der Waals surface area contributed by atoms with E-state index in [1.807, 2.05) is 6.20 Å². The first-order valence-corrected chi connectivity index (χ1v) is 9.16. The fourth-order valence-electron chi connectivity index (χ4n) is 3.13. The SMILES string of the molecule is CCCC(CCC)C(C/C=C\N=C(C)CC)C(C)C(C)C. The highest BCUT2D eigenvalue weighted by molar-refractivity contribution is 5.82. The maximum atomic E-state index is 4.51. The number of hydrogen-bond acceptors (Lipinski definition) is 1. The minimum atomic E-state index is 0.764. The zero-order chi connectivity index (χ0) is 16.3. The van der Waals surface area contributed by atoms with Crippen LogP contribution in [0.4, 0.5) is 0 Å². The van der Waals surface area contributed by atoms with Gasteiger partial charge in [-0.25, -0.2) is 0 Å². The molecule has 1 heteroatoms. The molecule has 0 radical (unpaired) electrons. The van der Waals surface area contributed by atoms with Gasteiger partial charge in [0, 0.05) is 11.9 Å².